The van der Waals surface area contributed by atoms with Crippen molar-refractivity contribution in [1.82, 2.24) is 24.9 Å². The average Bonchev–Trinajstić information content (AvgIpc) is 3.22. The summed E-state index contributed by atoms with van der Waals surface area (Å²) < 4.78 is 0. The maximum atomic E-state index is 5.31. The minimum absolute atomic E-state index is 0.520. The molecule has 0 spiro atoms. The molecule has 0 atom stereocenters. The van der Waals surface area contributed by atoms with E-state index in [0.717, 1.165) is 61.7 Å². The summed E-state index contributed by atoms with van der Waals surface area (Å²) in [4.78, 5) is 25.6. The highest BCUT2D eigenvalue weighted by molar-refractivity contribution is 5.84. The first kappa shape index (κ1) is 31.7. The van der Waals surface area contributed by atoms with Crippen LogP contribution in [0.5, 0.6) is 0 Å². The van der Waals surface area contributed by atoms with Gasteiger partial charge in [-0.25, -0.2) is 15.0 Å². The topological polar surface area (TPSA) is 64.5 Å². The standard InChI is InChI=1S/C46H35N5/c1-46(2,41-29-17-28-39(47-41)32-18-7-3-8-19-32)42-31-36(30-40(48-42)33-20-9-4-10-21-33)37-26-15-16-27-38(37)45-50-43(34-22-11-5-12-23-34)49-44(51-45)35-24-13-6-14-25-35/h3-31H,1-2H3. The van der Waals surface area contributed by atoms with Gasteiger partial charge in [0.15, 0.2) is 17.5 Å². The summed E-state index contributed by atoms with van der Waals surface area (Å²) in [7, 11) is 0. The van der Waals surface area contributed by atoms with E-state index >= 15 is 0 Å². The Morgan fingerprint density at radius 1 is 0.314 bits per heavy atom. The van der Waals surface area contributed by atoms with Gasteiger partial charge in [0, 0.05) is 33.2 Å². The quantitative estimate of drug-likeness (QED) is 0.163. The molecule has 3 heterocycles. The molecule has 3 aromatic heterocycles. The van der Waals surface area contributed by atoms with Crippen LogP contribution in [0.25, 0.3) is 67.8 Å². The zero-order chi connectivity index (χ0) is 34.6. The molecule has 0 saturated carbocycles. The smallest absolute Gasteiger partial charge is 0.164 e. The van der Waals surface area contributed by atoms with Crippen LogP contribution in [0, 0.1) is 0 Å². The normalized spacial score (nSPS) is 11.3. The van der Waals surface area contributed by atoms with Crippen LogP contribution in [-0.2, 0) is 5.41 Å². The summed E-state index contributed by atoms with van der Waals surface area (Å²) >= 11 is 0. The summed E-state index contributed by atoms with van der Waals surface area (Å²) in [6, 6.07) is 59.7. The molecule has 0 aliphatic heterocycles. The van der Waals surface area contributed by atoms with Gasteiger partial charge in [0.2, 0.25) is 0 Å². The van der Waals surface area contributed by atoms with Crippen molar-refractivity contribution in [3.63, 3.8) is 0 Å². The Labute approximate surface area is 298 Å². The van der Waals surface area contributed by atoms with Crippen molar-refractivity contribution >= 4 is 0 Å². The molecule has 5 aromatic carbocycles. The number of pyridine rings is 2. The highest BCUT2D eigenvalue weighted by Gasteiger charge is 2.29. The summed E-state index contributed by atoms with van der Waals surface area (Å²) in [5.74, 6) is 1.86. The molecule has 0 aliphatic carbocycles. The number of hydrogen-bond donors (Lipinski definition) is 0. The zero-order valence-electron chi connectivity index (χ0n) is 28.5. The van der Waals surface area contributed by atoms with E-state index in [2.05, 4.69) is 86.6 Å². The minimum Gasteiger partial charge on any atom is -0.252 e. The van der Waals surface area contributed by atoms with Gasteiger partial charge < -0.3 is 0 Å². The highest BCUT2D eigenvalue weighted by Crippen LogP contribution is 2.38. The first-order valence-electron chi connectivity index (χ1n) is 17.1. The predicted octanol–water partition coefficient (Wildman–Crippen LogP) is 11.0. The van der Waals surface area contributed by atoms with Crippen molar-refractivity contribution in [2.75, 3.05) is 0 Å². The van der Waals surface area contributed by atoms with Gasteiger partial charge in [-0.1, -0.05) is 152 Å². The molecular formula is C46H35N5. The second-order valence-electron chi connectivity index (χ2n) is 13.0. The largest absolute Gasteiger partial charge is 0.252 e. The Kier molecular flexibility index (Phi) is 8.52. The highest BCUT2D eigenvalue weighted by atomic mass is 15.0. The molecule has 8 aromatic rings. The molecule has 5 heteroatoms. The second-order valence-corrected chi connectivity index (χ2v) is 13.0. The lowest BCUT2D eigenvalue weighted by Gasteiger charge is -2.26. The lowest BCUT2D eigenvalue weighted by atomic mass is 9.82. The maximum Gasteiger partial charge on any atom is 0.164 e. The van der Waals surface area contributed by atoms with Gasteiger partial charge in [0.1, 0.15) is 0 Å². The van der Waals surface area contributed by atoms with Gasteiger partial charge >= 0.3 is 0 Å². The van der Waals surface area contributed by atoms with Gasteiger partial charge in [0.05, 0.1) is 22.8 Å². The molecule has 0 bridgehead atoms. The van der Waals surface area contributed by atoms with Gasteiger partial charge in [0.25, 0.3) is 0 Å². The Morgan fingerprint density at radius 3 is 1.33 bits per heavy atom. The molecule has 244 valence electrons. The van der Waals surface area contributed by atoms with E-state index in [1.807, 2.05) is 103 Å². The Morgan fingerprint density at radius 2 is 0.765 bits per heavy atom. The molecule has 0 amide bonds. The van der Waals surface area contributed by atoms with Crippen molar-refractivity contribution < 1.29 is 0 Å². The van der Waals surface area contributed by atoms with E-state index in [0.29, 0.717) is 17.5 Å². The molecule has 8 rings (SSSR count). The summed E-state index contributed by atoms with van der Waals surface area (Å²) in [6.07, 6.45) is 0. The van der Waals surface area contributed by atoms with Crippen LogP contribution >= 0.6 is 0 Å². The third-order valence-corrected chi connectivity index (χ3v) is 9.17. The van der Waals surface area contributed by atoms with Crippen molar-refractivity contribution in [3.05, 3.63) is 187 Å². The van der Waals surface area contributed by atoms with Gasteiger partial charge in [-0.15, -0.1) is 0 Å². The van der Waals surface area contributed by atoms with Crippen molar-refractivity contribution in [2.45, 2.75) is 19.3 Å². The van der Waals surface area contributed by atoms with Crippen LogP contribution in [0.4, 0.5) is 0 Å². The average molecular weight is 658 g/mol. The number of nitrogens with zero attached hydrogens (tertiary/aromatic N) is 5. The Balaban J connectivity index is 1.31. The molecule has 51 heavy (non-hydrogen) atoms. The molecular weight excluding hydrogens is 623 g/mol. The van der Waals surface area contributed by atoms with Crippen LogP contribution in [0.3, 0.4) is 0 Å². The second kappa shape index (κ2) is 13.7. The summed E-state index contributed by atoms with van der Waals surface area (Å²) in [5.41, 5.74) is 10.1. The summed E-state index contributed by atoms with van der Waals surface area (Å²) in [6.45, 7) is 4.39. The number of rotatable bonds is 8. The maximum absolute atomic E-state index is 5.31. The molecule has 0 radical (unpaired) electrons. The summed E-state index contributed by atoms with van der Waals surface area (Å²) in [5, 5.41) is 0. The molecule has 0 unspecified atom stereocenters. The third kappa shape index (κ3) is 6.57. The van der Waals surface area contributed by atoms with Gasteiger partial charge in [-0.3, -0.25) is 9.97 Å². The van der Waals surface area contributed by atoms with Gasteiger partial charge in [-0.05, 0) is 49.2 Å². The van der Waals surface area contributed by atoms with Crippen LogP contribution < -0.4 is 0 Å². The van der Waals surface area contributed by atoms with Crippen LogP contribution in [0.1, 0.15) is 25.2 Å². The zero-order valence-corrected chi connectivity index (χ0v) is 28.5. The number of hydrogen-bond acceptors (Lipinski definition) is 5. The van der Waals surface area contributed by atoms with E-state index in [4.69, 9.17) is 24.9 Å². The first-order chi connectivity index (χ1) is 25.0. The molecule has 0 saturated heterocycles. The number of benzene rings is 5. The van der Waals surface area contributed by atoms with E-state index in [9.17, 15) is 0 Å². The molecule has 0 N–H and O–H groups in total. The fourth-order valence-electron chi connectivity index (χ4n) is 6.31. The fraction of sp³-hybridized carbons (Fsp3) is 0.0652. The first-order valence-corrected chi connectivity index (χ1v) is 17.1. The SMILES string of the molecule is CC(C)(c1cccc(-c2ccccc2)n1)c1cc(-c2ccccc2-c2nc(-c3ccccc3)nc(-c3ccccc3)n2)cc(-c2ccccc2)n1. The Bertz CT molecular complexity index is 2370. The van der Waals surface area contributed by atoms with Crippen LogP contribution in [-0.4, -0.2) is 24.9 Å². The number of aromatic nitrogens is 5. The third-order valence-electron chi connectivity index (χ3n) is 9.17. The molecule has 0 aliphatic rings. The lowest BCUT2D eigenvalue weighted by molar-refractivity contribution is 0.597. The Hall–Kier alpha value is -6.59. The minimum atomic E-state index is -0.520. The lowest BCUT2D eigenvalue weighted by Crippen LogP contribution is -2.22. The van der Waals surface area contributed by atoms with E-state index in [1.54, 1.807) is 0 Å². The van der Waals surface area contributed by atoms with E-state index in [1.165, 1.54) is 0 Å². The van der Waals surface area contributed by atoms with Crippen molar-refractivity contribution in [2.24, 2.45) is 0 Å². The predicted molar refractivity (Wildman–Crippen MR) is 207 cm³/mol. The molecule has 5 nitrogen and oxygen atoms in total. The van der Waals surface area contributed by atoms with Crippen molar-refractivity contribution in [3.8, 4) is 67.8 Å². The van der Waals surface area contributed by atoms with Gasteiger partial charge in [-0.2, -0.15) is 0 Å². The van der Waals surface area contributed by atoms with E-state index in [-0.39, 0.29) is 0 Å². The van der Waals surface area contributed by atoms with Crippen molar-refractivity contribution in [1.29, 1.82) is 0 Å². The van der Waals surface area contributed by atoms with E-state index < -0.39 is 5.41 Å². The van der Waals surface area contributed by atoms with Crippen LogP contribution in [0.15, 0.2) is 176 Å². The molecule has 0 fully saturated rings. The fourth-order valence-corrected chi connectivity index (χ4v) is 6.31. The van der Waals surface area contributed by atoms with Crippen LogP contribution in [0.2, 0.25) is 0 Å². The monoisotopic (exact) mass is 657 g/mol.